The largest absolute Gasteiger partial charge is 0.466 e. The zero-order valence-corrected chi connectivity index (χ0v) is 20.0. The average Bonchev–Trinajstić information content (AvgIpc) is 3.30. The van der Waals surface area contributed by atoms with Crippen molar-refractivity contribution in [2.24, 2.45) is 0 Å². The molecule has 2 amide bonds. The predicted molar refractivity (Wildman–Crippen MR) is 120 cm³/mol. The van der Waals surface area contributed by atoms with Gasteiger partial charge in [-0.05, 0) is 26.3 Å². The zero-order valence-electron chi connectivity index (χ0n) is 17.5. The molecule has 0 aliphatic rings. The maximum atomic E-state index is 12.5. The van der Waals surface area contributed by atoms with Gasteiger partial charge in [-0.2, -0.15) is 0 Å². The molecule has 2 aromatic heterocycles. The first-order valence-corrected chi connectivity index (χ1v) is 12.0. The lowest BCUT2D eigenvalue weighted by Crippen LogP contribution is -2.18. The molecule has 2 aromatic rings. The Morgan fingerprint density at radius 2 is 1.87 bits per heavy atom. The molecule has 168 valence electrons. The van der Waals surface area contributed by atoms with Crippen molar-refractivity contribution in [3.8, 4) is 0 Å². The quantitative estimate of drug-likeness (QED) is 0.389. The standard InChI is InChI=1S/C19H23N3O6S3/c1-5-27-13(24)7-11-8-29-19(21-11)30-9-12(23)22-17-14(18(26)28-6-2)10(3)15(31-17)16(25)20-4/h8H,5-7,9H2,1-4H3,(H,20,25)(H,22,23). The molecule has 12 heteroatoms. The van der Waals surface area contributed by atoms with Crippen LogP contribution in [-0.4, -0.2) is 54.8 Å². The van der Waals surface area contributed by atoms with Gasteiger partial charge in [0.2, 0.25) is 5.91 Å². The number of thiophene rings is 1. The van der Waals surface area contributed by atoms with Gasteiger partial charge < -0.3 is 20.1 Å². The molecule has 9 nitrogen and oxygen atoms in total. The van der Waals surface area contributed by atoms with E-state index in [0.717, 1.165) is 11.3 Å². The summed E-state index contributed by atoms with van der Waals surface area (Å²) in [4.78, 5) is 53.1. The third-order valence-electron chi connectivity index (χ3n) is 3.80. The van der Waals surface area contributed by atoms with Crippen LogP contribution >= 0.6 is 34.4 Å². The maximum absolute atomic E-state index is 12.5. The van der Waals surface area contributed by atoms with Crippen molar-refractivity contribution in [2.75, 3.05) is 31.3 Å². The monoisotopic (exact) mass is 485 g/mol. The summed E-state index contributed by atoms with van der Waals surface area (Å²) in [5.41, 5.74) is 1.21. The fraction of sp³-hybridized carbons (Fsp3) is 0.421. The van der Waals surface area contributed by atoms with E-state index in [9.17, 15) is 19.2 Å². The molecule has 2 N–H and O–H groups in total. The van der Waals surface area contributed by atoms with E-state index in [4.69, 9.17) is 9.47 Å². The van der Waals surface area contributed by atoms with Gasteiger partial charge >= 0.3 is 11.9 Å². The maximum Gasteiger partial charge on any atom is 0.341 e. The number of carbonyl (C=O) groups excluding carboxylic acids is 4. The molecule has 2 heterocycles. The van der Waals surface area contributed by atoms with Crippen LogP contribution in [0.25, 0.3) is 0 Å². The van der Waals surface area contributed by atoms with Crippen molar-refractivity contribution in [3.05, 3.63) is 27.1 Å². The van der Waals surface area contributed by atoms with Crippen LogP contribution in [0, 0.1) is 6.92 Å². The SMILES string of the molecule is CCOC(=O)Cc1csc(SCC(=O)Nc2sc(C(=O)NC)c(C)c2C(=O)OCC)n1. The second-order valence-corrected chi connectivity index (χ2v) is 9.08. The topological polar surface area (TPSA) is 124 Å². The Morgan fingerprint density at radius 1 is 1.16 bits per heavy atom. The first kappa shape index (κ1) is 24.8. The van der Waals surface area contributed by atoms with Gasteiger partial charge in [0.25, 0.3) is 5.91 Å². The number of hydrogen-bond donors (Lipinski definition) is 2. The first-order chi connectivity index (χ1) is 14.8. The Labute approximate surface area is 191 Å². The van der Waals surface area contributed by atoms with Crippen LogP contribution in [0.2, 0.25) is 0 Å². The van der Waals surface area contributed by atoms with Gasteiger partial charge in [0.05, 0.1) is 41.5 Å². The predicted octanol–water partition coefficient (Wildman–Crippen LogP) is 2.89. The average molecular weight is 486 g/mol. The van der Waals surface area contributed by atoms with Gasteiger partial charge in [0.1, 0.15) is 5.00 Å². The van der Waals surface area contributed by atoms with Crippen molar-refractivity contribution in [3.63, 3.8) is 0 Å². The number of carbonyl (C=O) groups is 4. The number of aromatic nitrogens is 1. The molecule has 0 spiro atoms. The third kappa shape index (κ3) is 6.77. The van der Waals surface area contributed by atoms with Crippen LogP contribution in [0.1, 0.15) is 45.1 Å². The van der Waals surface area contributed by atoms with Crippen molar-refractivity contribution in [1.82, 2.24) is 10.3 Å². The minimum Gasteiger partial charge on any atom is -0.466 e. The van der Waals surface area contributed by atoms with Crippen molar-refractivity contribution in [2.45, 2.75) is 31.5 Å². The fourth-order valence-electron chi connectivity index (χ4n) is 2.47. The summed E-state index contributed by atoms with van der Waals surface area (Å²) in [7, 11) is 1.49. The lowest BCUT2D eigenvalue weighted by Gasteiger charge is -2.06. The summed E-state index contributed by atoms with van der Waals surface area (Å²) in [5.74, 6) is -1.62. The number of nitrogens with one attached hydrogen (secondary N) is 2. The number of esters is 2. The minimum absolute atomic E-state index is 0.0425. The Balaban J connectivity index is 2.06. The molecule has 0 atom stereocenters. The molecule has 0 saturated carbocycles. The number of ether oxygens (including phenoxy) is 2. The summed E-state index contributed by atoms with van der Waals surface area (Å²) in [6.07, 6.45) is 0.0801. The summed E-state index contributed by atoms with van der Waals surface area (Å²) in [6.45, 7) is 5.53. The highest BCUT2D eigenvalue weighted by atomic mass is 32.2. The van der Waals surface area contributed by atoms with E-state index in [1.54, 1.807) is 26.2 Å². The Bertz CT molecular complexity index is 969. The van der Waals surface area contributed by atoms with E-state index < -0.39 is 5.97 Å². The van der Waals surface area contributed by atoms with E-state index >= 15 is 0 Å². The van der Waals surface area contributed by atoms with Gasteiger partial charge in [0, 0.05) is 12.4 Å². The van der Waals surface area contributed by atoms with Gasteiger partial charge in [0.15, 0.2) is 4.34 Å². The molecule has 0 aliphatic carbocycles. The van der Waals surface area contributed by atoms with Gasteiger partial charge in [-0.15, -0.1) is 22.7 Å². The van der Waals surface area contributed by atoms with Crippen molar-refractivity contribution < 1.29 is 28.7 Å². The molecule has 0 bridgehead atoms. The molecular weight excluding hydrogens is 462 g/mol. The zero-order chi connectivity index (χ0) is 23.0. The number of rotatable bonds is 10. The molecule has 31 heavy (non-hydrogen) atoms. The van der Waals surface area contributed by atoms with Crippen LogP contribution in [0.3, 0.4) is 0 Å². The first-order valence-electron chi connectivity index (χ1n) is 9.35. The van der Waals surface area contributed by atoms with Gasteiger partial charge in [-0.1, -0.05) is 11.8 Å². The molecule has 0 unspecified atom stereocenters. The minimum atomic E-state index is -0.599. The second kappa shape index (κ2) is 11.8. The molecule has 2 rings (SSSR count). The van der Waals surface area contributed by atoms with E-state index in [2.05, 4.69) is 15.6 Å². The van der Waals surface area contributed by atoms with E-state index in [1.807, 2.05) is 0 Å². The van der Waals surface area contributed by atoms with Crippen LogP contribution in [0.5, 0.6) is 0 Å². The van der Waals surface area contributed by atoms with Crippen molar-refractivity contribution in [1.29, 1.82) is 0 Å². The molecular formula is C19H23N3O6S3. The number of amides is 2. The smallest absolute Gasteiger partial charge is 0.341 e. The number of thiazole rings is 1. The summed E-state index contributed by atoms with van der Waals surface area (Å²) in [5, 5.41) is 7.23. The van der Waals surface area contributed by atoms with Crippen LogP contribution in [0.4, 0.5) is 5.00 Å². The van der Waals surface area contributed by atoms with E-state index in [-0.39, 0.29) is 47.1 Å². The normalized spacial score (nSPS) is 10.5. The van der Waals surface area contributed by atoms with Gasteiger partial charge in [-0.25, -0.2) is 9.78 Å². The highest BCUT2D eigenvalue weighted by molar-refractivity contribution is 8.01. The summed E-state index contributed by atoms with van der Waals surface area (Å²) in [6, 6.07) is 0. The fourth-order valence-corrected chi connectivity index (χ4v) is 5.27. The summed E-state index contributed by atoms with van der Waals surface area (Å²) >= 11 is 3.55. The molecule has 0 aromatic carbocycles. The molecule has 0 aliphatic heterocycles. The lowest BCUT2D eigenvalue weighted by atomic mass is 10.1. The molecule has 0 radical (unpaired) electrons. The van der Waals surface area contributed by atoms with Crippen LogP contribution in [-0.2, 0) is 25.5 Å². The number of nitrogens with zero attached hydrogens (tertiary/aromatic N) is 1. The van der Waals surface area contributed by atoms with Crippen molar-refractivity contribution >= 4 is 63.2 Å². The Hall–Kier alpha value is -2.44. The van der Waals surface area contributed by atoms with Crippen LogP contribution < -0.4 is 10.6 Å². The highest BCUT2D eigenvalue weighted by Gasteiger charge is 2.26. The Kier molecular flexibility index (Phi) is 9.46. The number of thioether (sulfide) groups is 1. The Morgan fingerprint density at radius 3 is 2.52 bits per heavy atom. The number of hydrogen-bond acceptors (Lipinski definition) is 10. The second-order valence-electron chi connectivity index (χ2n) is 5.98. The molecule has 0 fully saturated rings. The van der Waals surface area contributed by atoms with Gasteiger partial charge in [-0.3, -0.25) is 14.4 Å². The number of anilines is 1. The van der Waals surface area contributed by atoms with Crippen LogP contribution in [0.15, 0.2) is 9.72 Å². The van der Waals surface area contributed by atoms with E-state index in [1.165, 1.54) is 30.1 Å². The highest BCUT2D eigenvalue weighted by Crippen LogP contribution is 2.34. The lowest BCUT2D eigenvalue weighted by molar-refractivity contribution is -0.142. The van der Waals surface area contributed by atoms with E-state index in [0.29, 0.717) is 27.1 Å². The molecule has 0 saturated heterocycles. The summed E-state index contributed by atoms with van der Waals surface area (Å²) < 4.78 is 10.6. The third-order valence-corrected chi connectivity index (χ3v) is 7.08.